The molecule has 1 aromatic heterocycles. The summed E-state index contributed by atoms with van der Waals surface area (Å²) in [5, 5.41) is 8.50. The Labute approximate surface area is 86.2 Å². The number of carbonyl (C=O) groups excluding carboxylic acids is 2. The minimum atomic E-state index is -0.507. The molecule has 1 rings (SSSR count). The van der Waals surface area contributed by atoms with E-state index in [1.54, 1.807) is 13.8 Å². The number of nitrogens with zero attached hydrogens (tertiary/aromatic N) is 2. The summed E-state index contributed by atoms with van der Waals surface area (Å²) in [5.41, 5.74) is 0. The van der Waals surface area contributed by atoms with Crippen molar-refractivity contribution in [3.63, 3.8) is 0 Å². The third kappa shape index (κ3) is 3.37. The van der Waals surface area contributed by atoms with Gasteiger partial charge in [0.25, 0.3) is 5.91 Å². The standard InChI is InChI=1S/C8H12N4O3/c1-3-15-6(13)4-9-8(14)7-10-5(2)11-12-7/h3-4H2,1-2H3,(H,9,14)(H,10,11,12). The number of ether oxygens (including phenoxy) is 1. The molecular formula is C8H12N4O3. The number of amides is 1. The largest absolute Gasteiger partial charge is 0.465 e. The van der Waals surface area contributed by atoms with E-state index in [0.717, 1.165) is 0 Å². The Bertz CT molecular complexity index is 361. The molecule has 0 aliphatic carbocycles. The number of nitrogens with one attached hydrogen (secondary N) is 2. The zero-order valence-corrected chi connectivity index (χ0v) is 8.53. The van der Waals surface area contributed by atoms with Gasteiger partial charge in [-0.25, -0.2) is 4.98 Å². The minimum absolute atomic E-state index is 0.0109. The molecule has 0 aromatic carbocycles. The molecule has 1 heterocycles. The van der Waals surface area contributed by atoms with Crippen LogP contribution in [-0.2, 0) is 9.53 Å². The van der Waals surface area contributed by atoms with Crippen LogP contribution >= 0.6 is 0 Å². The summed E-state index contributed by atoms with van der Waals surface area (Å²) < 4.78 is 4.63. The van der Waals surface area contributed by atoms with Gasteiger partial charge in [0.2, 0.25) is 5.82 Å². The van der Waals surface area contributed by atoms with E-state index in [0.29, 0.717) is 5.82 Å². The van der Waals surface area contributed by atoms with Crippen LogP contribution in [-0.4, -0.2) is 40.2 Å². The van der Waals surface area contributed by atoms with Crippen LogP contribution in [0.5, 0.6) is 0 Å². The van der Waals surface area contributed by atoms with Crippen molar-refractivity contribution in [2.24, 2.45) is 0 Å². The van der Waals surface area contributed by atoms with E-state index in [9.17, 15) is 9.59 Å². The maximum absolute atomic E-state index is 11.3. The number of aryl methyl sites for hydroxylation is 1. The summed E-state index contributed by atoms with van der Waals surface area (Å²) in [4.78, 5) is 26.0. The Hall–Kier alpha value is -1.92. The van der Waals surface area contributed by atoms with Crippen LogP contribution < -0.4 is 5.32 Å². The fourth-order valence-corrected chi connectivity index (χ4v) is 0.888. The number of aromatic nitrogens is 3. The average molecular weight is 212 g/mol. The Morgan fingerprint density at radius 1 is 1.53 bits per heavy atom. The van der Waals surface area contributed by atoms with E-state index in [1.807, 2.05) is 0 Å². The first-order chi connectivity index (χ1) is 7.13. The summed E-state index contributed by atoms with van der Waals surface area (Å²) in [6, 6.07) is 0. The maximum Gasteiger partial charge on any atom is 0.325 e. The zero-order valence-electron chi connectivity index (χ0n) is 8.53. The van der Waals surface area contributed by atoms with Gasteiger partial charge in [-0.1, -0.05) is 0 Å². The molecule has 0 saturated heterocycles. The van der Waals surface area contributed by atoms with Gasteiger partial charge in [0.15, 0.2) is 0 Å². The zero-order chi connectivity index (χ0) is 11.3. The van der Waals surface area contributed by atoms with Crippen molar-refractivity contribution in [2.75, 3.05) is 13.2 Å². The van der Waals surface area contributed by atoms with Gasteiger partial charge in [-0.2, -0.15) is 0 Å². The van der Waals surface area contributed by atoms with Crippen LogP contribution in [0.1, 0.15) is 23.4 Å². The third-order valence-electron chi connectivity index (χ3n) is 1.50. The lowest BCUT2D eigenvalue weighted by atomic mass is 10.5. The minimum Gasteiger partial charge on any atom is -0.465 e. The number of esters is 1. The Balaban J connectivity index is 2.40. The van der Waals surface area contributed by atoms with E-state index in [2.05, 4.69) is 25.2 Å². The van der Waals surface area contributed by atoms with Gasteiger partial charge in [0, 0.05) is 0 Å². The predicted octanol–water partition coefficient (Wildman–Crippen LogP) is -0.594. The van der Waals surface area contributed by atoms with E-state index in [1.165, 1.54) is 0 Å². The van der Waals surface area contributed by atoms with Crippen molar-refractivity contribution < 1.29 is 14.3 Å². The lowest BCUT2D eigenvalue weighted by Crippen LogP contribution is -2.31. The number of aromatic amines is 1. The van der Waals surface area contributed by atoms with Crippen molar-refractivity contribution in [2.45, 2.75) is 13.8 Å². The first-order valence-corrected chi connectivity index (χ1v) is 4.46. The van der Waals surface area contributed by atoms with Crippen molar-refractivity contribution in [3.8, 4) is 0 Å². The van der Waals surface area contributed by atoms with Crippen molar-refractivity contribution in [1.82, 2.24) is 20.5 Å². The van der Waals surface area contributed by atoms with Gasteiger partial charge in [-0.15, -0.1) is 5.10 Å². The Morgan fingerprint density at radius 3 is 2.80 bits per heavy atom. The molecule has 15 heavy (non-hydrogen) atoms. The SMILES string of the molecule is CCOC(=O)CNC(=O)c1n[nH]c(C)n1. The smallest absolute Gasteiger partial charge is 0.325 e. The van der Waals surface area contributed by atoms with Gasteiger partial charge in [-0.05, 0) is 13.8 Å². The molecule has 0 atom stereocenters. The summed E-state index contributed by atoms with van der Waals surface area (Å²) in [6.07, 6.45) is 0. The quantitative estimate of drug-likeness (QED) is 0.650. The molecule has 0 fully saturated rings. The topological polar surface area (TPSA) is 97.0 Å². The van der Waals surface area contributed by atoms with Crippen LogP contribution in [0, 0.1) is 6.92 Å². The predicted molar refractivity (Wildman–Crippen MR) is 50.1 cm³/mol. The number of H-pyrrole nitrogens is 1. The average Bonchev–Trinajstić information content (AvgIpc) is 2.62. The third-order valence-corrected chi connectivity index (χ3v) is 1.50. The van der Waals surface area contributed by atoms with Crippen LogP contribution in [0.25, 0.3) is 0 Å². The first-order valence-electron chi connectivity index (χ1n) is 4.46. The van der Waals surface area contributed by atoms with Crippen LogP contribution in [0.4, 0.5) is 0 Å². The lowest BCUT2D eigenvalue weighted by molar-refractivity contribution is -0.141. The highest BCUT2D eigenvalue weighted by Crippen LogP contribution is 1.89. The van der Waals surface area contributed by atoms with Crippen LogP contribution in [0.15, 0.2) is 0 Å². The number of hydrogen-bond acceptors (Lipinski definition) is 5. The molecule has 0 bridgehead atoms. The summed E-state index contributed by atoms with van der Waals surface area (Å²) in [5.74, 6) is -0.446. The van der Waals surface area contributed by atoms with Gasteiger partial charge in [0.1, 0.15) is 12.4 Å². The monoisotopic (exact) mass is 212 g/mol. The van der Waals surface area contributed by atoms with Crippen molar-refractivity contribution >= 4 is 11.9 Å². The number of hydrogen-bond donors (Lipinski definition) is 2. The van der Waals surface area contributed by atoms with Gasteiger partial charge in [0.05, 0.1) is 6.61 Å². The van der Waals surface area contributed by atoms with Crippen LogP contribution in [0.3, 0.4) is 0 Å². The summed E-state index contributed by atoms with van der Waals surface area (Å²) in [7, 11) is 0. The second kappa shape index (κ2) is 5.08. The molecule has 82 valence electrons. The summed E-state index contributed by atoms with van der Waals surface area (Å²) in [6.45, 7) is 3.47. The summed E-state index contributed by atoms with van der Waals surface area (Å²) >= 11 is 0. The molecule has 7 nitrogen and oxygen atoms in total. The molecule has 0 saturated carbocycles. The number of rotatable bonds is 4. The maximum atomic E-state index is 11.3. The lowest BCUT2D eigenvalue weighted by Gasteiger charge is -2.01. The van der Waals surface area contributed by atoms with E-state index in [-0.39, 0.29) is 19.0 Å². The van der Waals surface area contributed by atoms with Crippen LogP contribution in [0.2, 0.25) is 0 Å². The normalized spacial score (nSPS) is 9.73. The van der Waals surface area contributed by atoms with Crippen molar-refractivity contribution in [3.05, 3.63) is 11.6 Å². The molecule has 0 unspecified atom stereocenters. The van der Waals surface area contributed by atoms with Gasteiger partial charge < -0.3 is 10.1 Å². The molecule has 0 spiro atoms. The fraction of sp³-hybridized carbons (Fsp3) is 0.500. The molecule has 0 radical (unpaired) electrons. The molecule has 1 amide bonds. The van der Waals surface area contributed by atoms with Gasteiger partial charge in [-0.3, -0.25) is 14.7 Å². The second-order valence-electron chi connectivity index (χ2n) is 2.73. The molecule has 2 N–H and O–H groups in total. The molecular weight excluding hydrogens is 200 g/mol. The second-order valence-corrected chi connectivity index (χ2v) is 2.73. The molecule has 7 heteroatoms. The molecule has 0 aliphatic rings. The van der Waals surface area contributed by atoms with E-state index in [4.69, 9.17) is 0 Å². The number of carbonyl (C=O) groups is 2. The first kappa shape index (κ1) is 11.2. The fourth-order valence-electron chi connectivity index (χ4n) is 0.888. The highest BCUT2D eigenvalue weighted by Gasteiger charge is 2.12. The van der Waals surface area contributed by atoms with E-state index < -0.39 is 11.9 Å². The Morgan fingerprint density at radius 2 is 2.27 bits per heavy atom. The van der Waals surface area contributed by atoms with Gasteiger partial charge >= 0.3 is 5.97 Å². The molecule has 0 aliphatic heterocycles. The molecule has 1 aromatic rings. The highest BCUT2D eigenvalue weighted by atomic mass is 16.5. The highest BCUT2D eigenvalue weighted by molar-refractivity contribution is 5.92. The Kier molecular flexibility index (Phi) is 3.78. The van der Waals surface area contributed by atoms with Crippen molar-refractivity contribution in [1.29, 1.82) is 0 Å². The van der Waals surface area contributed by atoms with E-state index >= 15 is 0 Å².